The van der Waals surface area contributed by atoms with Crippen LogP contribution in [0.5, 0.6) is 5.75 Å². The van der Waals surface area contributed by atoms with E-state index >= 15 is 0 Å². The lowest BCUT2D eigenvalue weighted by Crippen LogP contribution is -2.27. The van der Waals surface area contributed by atoms with E-state index < -0.39 is 5.41 Å². The van der Waals surface area contributed by atoms with Crippen molar-refractivity contribution < 1.29 is 14.7 Å². The van der Waals surface area contributed by atoms with Crippen molar-refractivity contribution in [2.45, 2.75) is 20.8 Å². The van der Waals surface area contributed by atoms with E-state index in [1.165, 1.54) is 6.08 Å². The number of amides is 2. The first kappa shape index (κ1) is 18.3. The zero-order valence-corrected chi connectivity index (χ0v) is 14.5. The van der Waals surface area contributed by atoms with Crippen LogP contribution >= 0.6 is 0 Å². The van der Waals surface area contributed by atoms with E-state index in [1.54, 1.807) is 54.6 Å². The molecule has 0 aromatic heterocycles. The second kappa shape index (κ2) is 7.66. The summed E-state index contributed by atoms with van der Waals surface area (Å²) in [4.78, 5) is 23.9. The summed E-state index contributed by atoms with van der Waals surface area (Å²) in [7, 11) is 0. The van der Waals surface area contributed by atoms with Gasteiger partial charge in [-0.15, -0.1) is 0 Å². The molecule has 2 aromatic carbocycles. The van der Waals surface area contributed by atoms with Gasteiger partial charge in [0.25, 0.3) is 0 Å². The van der Waals surface area contributed by atoms with Gasteiger partial charge in [0, 0.05) is 22.9 Å². The quantitative estimate of drug-likeness (QED) is 0.737. The average Bonchev–Trinajstić information content (AvgIpc) is 2.55. The van der Waals surface area contributed by atoms with Crippen LogP contribution < -0.4 is 10.6 Å². The molecule has 0 heterocycles. The number of hydrogen-bond donors (Lipinski definition) is 3. The predicted molar refractivity (Wildman–Crippen MR) is 100 cm³/mol. The van der Waals surface area contributed by atoms with E-state index in [0.29, 0.717) is 11.4 Å². The summed E-state index contributed by atoms with van der Waals surface area (Å²) in [6.45, 7) is 5.53. The Balaban J connectivity index is 1.93. The lowest BCUT2D eigenvalue weighted by molar-refractivity contribution is -0.123. The highest BCUT2D eigenvalue weighted by atomic mass is 16.3. The molecule has 5 nitrogen and oxygen atoms in total. The fourth-order valence-corrected chi connectivity index (χ4v) is 1.90. The maximum Gasteiger partial charge on any atom is 0.248 e. The third-order valence-corrected chi connectivity index (χ3v) is 3.41. The molecule has 0 aliphatic carbocycles. The van der Waals surface area contributed by atoms with Crippen molar-refractivity contribution in [2.24, 2.45) is 5.41 Å². The molecule has 0 aliphatic heterocycles. The molecular weight excluding hydrogens is 316 g/mol. The van der Waals surface area contributed by atoms with Crippen LogP contribution in [0.2, 0.25) is 0 Å². The van der Waals surface area contributed by atoms with Crippen molar-refractivity contribution in [2.75, 3.05) is 10.6 Å². The van der Waals surface area contributed by atoms with E-state index in [1.807, 2.05) is 20.8 Å². The van der Waals surface area contributed by atoms with E-state index in [0.717, 1.165) is 5.56 Å². The molecule has 2 aromatic rings. The second-order valence-electron chi connectivity index (χ2n) is 6.70. The molecule has 0 atom stereocenters. The molecule has 0 aliphatic rings. The Hall–Kier alpha value is -3.08. The molecule has 0 bridgehead atoms. The molecule has 0 unspecified atom stereocenters. The summed E-state index contributed by atoms with van der Waals surface area (Å²) in [5.41, 5.74) is 1.66. The normalized spacial score (nSPS) is 11.3. The molecule has 0 radical (unpaired) electrons. The number of rotatable bonds is 4. The van der Waals surface area contributed by atoms with Crippen molar-refractivity contribution in [3.05, 3.63) is 60.2 Å². The van der Waals surface area contributed by atoms with Crippen LogP contribution in [0, 0.1) is 5.41 Å². The fourth-order valence-electron chi connectivity index (χ4n) is 1.90. The van der Waals surface area contributed by atoms with E-state index in [4.69, 9.17) is 0 Å². The number of carbonyl (C=O) groups excluding carboxylic acids is 2. The number of carbonyl (C=O) groups is 2. The van der Waals surface area contributed by atoms with Crippen LogP contribution in [-0.4, -0.2) is 16.9 Å². The van der Waals surface area contributed by atoms with E-state index in [9.17, 15) is 14.7 Å². The molecule has 25 heavy (non-hydrogen) atoms. The molecule has 2 rings (SSSR count). The van der Waals surface area contributed by atoms with Gasteiger partial charge in [-0.25, -0.2) is 0 Å². The van der Waals surface area contributed by atoms with Gasteiger partial charge in [-0.05, 0) is 48.0 Å². The van der Waals surface area contributed by atoms with Gasteiger partial charge in [0.15, 0.2) is 0 Å². The number of phenols is 1. The van der Waals surface area contributed by atoms with Gasteiger partial charge < -0.3 is 15.7 Å². The van der Waals surface area contributed by atoms with Crippen LogP contribution in [0.3, 0.4) is 0 Å². The van der Waals surface area contributed by atoms with Crippen LogP contribution in [-0.2, 0) is 9.59 Å². The Kier molecular flexibility index (Phi) is 5.60. The van der Waals surface area contributed by atoms with Gasteiger partial charge in [0.1, 0.15) is 5.75 Å². The number of benzene rings is 2. The van der Waals surface area contributed by atoms with Crippen molar-refractivity contribution in [3.8, 4) is 5.75 Å². The minimum atomic E-state index is -0.466. The van der Waals surface area contributed by atoms with Crippen molar-refractivity contribution in [3.63, 3.8) is 0 Å². The number of hydrogen-bond acceptors (Lipinski definition) is 3. The maximum atomic E-state index is 11.9. The molecule has 0 saturated heterocycles. The molecule has 130 valence electrons. The van der Waals surface area contributed by atoms with Crippen molar-refractivity contribution in [1.29, 1.82) is 0 Å². The van der Waals surface area contributed by atoms with Gasteiger partial charge in [-0.2, -0.15) is 0 Å². The summed E-state index contributed by atoms with van der Waals surface area (Å²) in [5, 5.41) is 14.8. The van der Waals surface area contributed by atoms with Crippen molar-refractivity contribution in [1.82, 2.24) is 0 Å². The number of anilines is 2. The molecule has 5 heteroatoms. The van der Waals surface area contributed by atoms with Crippen LogP contribution in [0.4, 0.5) is 11.4 Å². The summed E-state index contributed by atoms with van der Waals surface area (Å²) in [6, 6.07) is 13.5. The fraction of sp³-hybridized carbons (Fsp3) is 0.200. The standard InChI is InChI=1S/C20H22N2O3/c1-20(2,3)19(25)22-16-9-7-15(8-10-16)21-18(24)13-6-14-4-11-17(23)12-5-14/h4-13,23H,1-3H3,(H,21,24)(H,22,25)/b13-6+. The van der Waals surface area contributed by atoms with Gasteiger partial charge >= 0.3 is 0 Å². The Morgan fingerprint density at radius 2 is 1.40 bits per heavy atom. The minimum Gasteiger partial charge on any atom is -0.508 e. The summed E-state index contributed by atoms with van der Waals surface area (Å²) >= 11 is 0. The van der Waals surface area contributed by atoms with E-state index in [2.05, 4.69) is 10.6 Å². The highest BCUT2D eigenvalue weighted by molar-refractivity contribution is 6.02. The van der Waals surface area contributed by atoms with Crippen LogP contribution in [0.25, 0.3) is 6.08 Å². The molecule has 0 spiro atoms. The van der Waals surface area contributed by atoms with Gasteiger partial charge in [-0.3, -0.25) is 9.59 Å². The highest BCUT2D eigenvalue weighted by Crippen LogP contribution is 2.19. The van der Waals surface area contributed by atoms with E-state index in [-0.39, 0.29) is 17.6 Å². The van der Waals surface area contributed by atoms with Crippen LogP contribution in [0.1, 0.15) is 26.3 Å². The monoisotopic (exact) mass is 338 g/mol. The number of nitrogens with one attached hydrogen (secondary N) is 2. The smallest absolute Gasteiger partial charge is 0.248 e. The number of aromatic hydroxyl groups is 1. The SMILES string of the molecule is CC(C)(C)C(=O)Nc1ccc(NC(=O)/C=C/c2ccc(O)cc2)cc1. The summed E-state index contributed by atoms with van der Waals surface area (Å²) in [6.07, 6.45) is 3.08. The largest absolute Gasteiger partial charge is 0.508 e. The number of phenolic OH excluding ortho intramolecular Hbond substituents is 1. The highest BCUT2D eigenvalue weighted by Gasteiger charge is 2.20. The molecule has 0 fully saturated rings. The molecule has 3 N–H and O–H groups in total. The molecule has 0 saturated carbocycles. The molecule has 2 amide bonds. The Bertz CT molecular complexity index is 770. The van der Waals surface area contributed by atoms with Gasteiger partial charge in [-0.1, -0.05) is 32.9 Å². The lowest BCUT2D eigenvalue weighted by atomic mass is 9.95. The zero-order chi connectivity index (χ0) is 18.4. The summed E-state index contributed by atoms with van der Waals surface area (Å²) < 4.78 is 0. The van der Waals surface area contributed by atoms with Crippen molar-refractivity contribution >= 4 is 29.3 Å². The summed E-state index contributed by atoms with van der Waals surface area (Å²) in [5.74, 6) is -0.152. The Morgan fingerprint density at radius 3 is 1.92 bits per heavy atom. The first-order valence-corrected chi connectivity index (χ1v) is 7.94. The minimum absolute atomic E-state index is 0.0684. The maximum absolute atomic E-state index is 11.9. The zero-order valence-electron chi connectivity index (χ0n) is 14.5. The first-order chi connectivity index (χ1) is 11.7. The Morgan fingerprint density at radius 1 is 0.880 bits per heavy atom. The third kappa shape index (κ3) is 5.80. The Labute approximate surface area is 147 Å². The predicted octanol–water partition coefficient (Wildman–Crippen LogP) is 4.03. The third-order valence-electron chi connectivity index (χ3n) is 3.41. The first-order valence-electron chi connectivity index (χ1n) is 7.94. The molecular formula is C20H22N2O3. The van der Waals surface area contributed by atoms with Gasteiger partial charge in [0.05, 0.1) is 0 Å². The lowest BCUT2D eigenvalue weighted by Gasteiger charge is -2.17. The second-order valence-corrected chi connectivity index (χ2v) is 6.70. The van der Waals surface area contributed by atoms with Crippen LogP contribution in [0.15, 0.2) is 54.6 Å². The average molecular weight is 338 g/mol. The van der Waals surface area contributed by atoms with Gasteiger partial charge in [0.2, 0.25) is 11.8 Å². The topological polar surface area (TPSA) is 78.4 Å².